The molecule has 2 atom stereocenters. The molecule has 0 saturated carbocycles. The molecule has 2 fully saturated rings. The van der Waals surface area contributed by atoms with Gasteiger partial charge in [-0.25, -0.2) is 0 Å². The van der Waals surface area contributed by atoms with Crippen LogP contribution in [0.2, 0.25) is 0 Å². The number of piperidine rings is 1. The van der Waals surface area contributed by atoms with Crippen LogP contribution < -0.4 is 5.32 Å². The number of rotatable bonds is 3. The first-order chi connectivity index (χ1) is 11.1. The minimum absolute atomic E-state index is 0.0858. The topological polar surface area (TPSA) is 41.6 Å². The summed E-state index contributed by atoms with van der Waals surface area (Å²) in [5, 5.41) is 3.63. The summed E-state index contributed by atoms with van der Waals surface area (Å²) in [5.74, 6) is 0.179. The highest BCUT2D eigenvalue weighted by molar-refractivity contribution is 5.73. The highest BCUT2D eigenvalue weighted by Crippen LogP contribution is 2.42. The Morgan fingerprint density at radius 2 is 2.00 bits per heavy atom. The van der Waals surface area contributed by atoms with Crippen LogP contribution in [0.3, 0.4) is 0 Å². The molecule has 3 rings (SSSR count). The average molecular weight is 316 g/mol. The fourth-order valence-electron chi connectivity index (χ4n) is 4.06. The van der Waals surface area contributed by atoms with Crippen molar-refractivity contribution in [3.63, 3.8) is 0 Å². The van der Waals surface area contributed by atoms with E-state index in [1.807, 2.05) is 4.90 Å². The van der Waals surface area contributed by atoms with Crippen molar-refractivity contribution in [2.75, 3.05) is 19.6 Å². The van der Waals surface area contributed by atoms with Gasteiger partial charge >= 0.3 is 0 Å². The van der Waals surface area contributed by atoms with Crippen molar-refractivity contribution in [3.05, 3.63) is 35.9 Å². The van der Waals surface area contributed by atoms with E-state index in [9.17, 15) is 4.79 Å². The maximum absolute atomic E-state index is 11.6. The summed E-state index contributed by atoms with van der Waals surface area (Å²) in [7, 11) is 0. The fraction of sp³-hybridized carbons (Fsp3) is 0.632. The summed E-state index contributed by atoms with van der Waals surface area (Å²) < 4.78 is 6.63. The standard InChI is InChI=1S/C19H28N2O2/c1-3-20-17-13-18(16-7-5-4-6-8-16)23-19(14-17)9-11-21(12-10-19)15(2)22/h4-8,17-18,20H,3,9-14H2,1-2H3/t17-,18-/m0/s1. The third kappa shape index (κ3) is 3.75. The largest absolute Gasteiger partial charge is 0.367 e. The van der Waals surface area contributed by atoms with Crippen LogP contribution in [0.5, 0.6) is 0 Å². The Morgan fingerprint density at radius 3 is 2.61 bits per heavy atom. The second kappa shape index (κ2) is 7.02. The van der Waals surface area contributed by atoms with E-state index in [0.29, 0.717) is 6.04 Å². The molecule has 1 aromatic rings. The lowest BCUT2D eigenvalue weighted by molar-refractivity contribution is -0.167. The molecule has 2 saturated heterocycles. The van der Waals surface area contributed by atoms with Gasteiger partial charge in [-0.1, -0.05) is 37.3 Å². The van der Waals surface area contributed by atoms with Gasteiger partial charge in [0, 0.05) is 26.1 Å². The van der Waals surface area contributed by atoms with Crippen LogP contribution in [0.4, 0.5) is 0 Å². The first-order valence-corrected chi connectivity index (χ1v) is 8.83. The highest BCUT2D eigenvalue weighted by atomic mass is 16.5. The van der Waals surface area contributed by atoms with Gasteiger partial charge in [0.25, 0.3) is 0 Å². The van der Waals surface area contributed by atoms with E-state index in [-0.39, 0.29) is 17.6 Å². The molecule has 2 aliphatic heterocycles. The number of likely N-dealkylation sites (tertiary alicyclic amines) is 1. The Balaban J connectivity index is 1.76. The zero-order valence-corrected chi connectivity index (χ0v) is 14.3. The lowest BCUT2D eigenvalue weighted by Crippen LogP contribution is -2.54. The summed E-state index contributed by atoms with van der Waals surface area (Å²) in [5.41, 5.74) is 1.18. The van der Waals surface area contributed by atoms with E-state index in [2.05, 4.69) is 42.6 Å². The Labute approximate surface area is 139 Å². The van der Waals surface area contributed by atoms with Crippen LogP contribution in [0.15, 0.2) is 30.3 Å². The van der Waals surface area contributed by atoms with Gasteiger partial charge in [0.05, 0.1) is 11.7 Å². The number of carbonyl (C=O) groups is 1. The Morgan fingerprint density at radius 1 is 1.30 bits per heavy atom. The second-order valence-electron chi connectivity index (χ2n) is 6.90. The summed E-state index contributed by atoms with van der Waals surface area (Å²) in [6.45, 7) is 6.44. The predicted octanol–water partition coefficient (Wildman–Crippen LogP) is 2.90. The molecular formula is C19H28N2O2. The van der Waals surface area contributed by atoms with Crippen molar-refractivity contribution in [2.24, 2.45) is 0 Å². The van der Waals surface area contributed by atoms with Crippen molar-refractivity contribution in [3.8, 4) is 0 Å². The molecule has 126 valence electrons. The minimum atomic E-state index is -0.0858. The molecular weight excluding hydrogens is 288 g/mol. The van der Waals surface area contributed by atoms with Crippen LogP contribution in [0, 0.1) is 0 Å². The van der Waals surface area contributed by atoms with Crippen molar-refractivity contribution in [2.45, 2.75) is 57.3 Å². The van der Waals surface area contributed by atoms with Crippen LogP contribution >= 0.6 is 0 Å². The lowest BCUT2D eigenvalue weighted by atomic mass is 9.79. The first kappa shape index (κ1) is 16.5. The number of benzene rings is 1. The molecule has 0 aromatic heterocycles. The SMILES string of the molecule is CCN[C@H]1C[C@@H](c2ccccc2)OC2(CCN(C(C)=O)CC2)C1. The van der Waals surface area contributed by atoms with Crippen molar-refractivity contribution >= 4 is 5.91 Å². The molecule has 0 radical (unpaired) electrons. The van der Waals surface area contributed by atoms with Gasteiger partial charge in [0.1, 0.15) is 0 Å². The zero-order chi connectivity index (χ0) is 16.3. The summed E-state index contributed by atoms with van der Waals surface area (Å²) in [6.07, 6.45) is 4.11. The van der Waals surface area contributed by atoms with Crippen molar-refractivity contribution in [1.82, 2.24) is 10.2 Å². The van der Waals surface area contributed by atoms with Gasteiger partial charge in [-0.2, -0.15) is 0 Å². The molecule has 23 heavy (non-hydrogen) atoms. The summed E-state index contributed by atoms with van der Waals surface area (Å²) in [6, 6.07) is 11.0. The molecule has 0 unspecified atom stereocenters. The van der Waals surface area contributed by atoms with E-state index >= 15 is 0 Å². The molecule has 1 amide bonds. The molecule has 4 nitrogen and oxygen atoms in total. The van der Waals surface area contributed by atoms with Gasteiger partial charge < -0.3 is 15.0 Å². The quantitative estimate of drug-likeness (QED) is 0.932. The molecule has 0 bridgehead atoms. The average Bonchev–Trinajstić information content (AvgIpc) is 2.56. The van der Waals surface area contributed by atoms with Crippen molar-refractivity contribution in [1.29, 1.82) is 0 Å². The van der Waals surface area contributed by atoms with Crippen molar-refractivity contribution < 1.29 is 9.53 Å². The number of hydrogen-bond donors (Lipinski definition) is 1. The zero-order valence-electron chi connectivity index (χ0n) is 14.3. The second-order valence-corrected chi connectivity index (χ2v) is 6.90. The van der Waals surface area contributed by atoms with Gasteiger partial charge in [0.15, 0.2) is 0 Å². The number of nitrogens with zero attached hydrogens (tertiary/aromatic N) is 1. The van der Waals surface area contributed by atoms with Crippen LogP contribution in [0.25, 0.3) is 0 Å². The lowest BCUT2D eigenvalue weighted by Gasteiger charge is -2.49. The van der Waals surface area contributed by atoms with Gasteiger partial charge in [0.2, 0.25) is 5.91 Å². The van der Waals surface area contributed by atoms with E-state index in [4.69, 9.17) is 4.74 Å². The normalized spacial score (nSPS) is 27.1. The summed E-state index contributed by atoms with van der Waals surface area (Å²) in [4.78, 5) is 13.5. The number of nitrogens with one attached hydrogen (secondary N) is 1. The fourth-order valence-corrected chi connectivity index (χ4v) is 4.06. The molecule has 2 heterocycles. The van der Waals surface area contributed by atoms with E-state index in [1.165, 1.54) is 5.56 Å². The van der Waals surface area contributed by atoms with E-state index < -0.39 is 0 Å². The van der Waals surface area contributed by atoms with Crippen LogP contribution in [-0.4, -0.2) is 42.1 Å². The smallest absolute Gasteiger partial charge is 0.219 e. The molecule has 4 heteroatoms. The Bertz CT molecular complexity index is 523. The molecule has 2 aliphatic rings. The molecule has 1 aromatic carbocycles. The van der Waals surface area contributed by atoms with Gasteiger partial charge in [-0.15, -0.1) is 0 Å². The number of carbonyl (C=O) groups excluding carboxylic acids is 1. The van der Waals surface area contributed by atoms with Crippen LogP contribution in [0.1, 0.15) is 51.2 Å². The number of amides is 1. The van der Waals surface area contributed by atoms with Gasteiger partial charge in [-0.3, -0.25) is 4.79 Å². The Kier molecular flexibility index (Phi) is 5.02. The highest BCUT2D eigenvalue weighted by Gasteiger charge is 2.44. The number of ether oxygens (including phenoxy) is 1. The molecule has 1 spiro atoms. The third-order valence-electron chi connectivity index (χ3n) is 5.29. The predicted molar refractivity (Wildman–Crippen MR) is 91.2 cm³/mol. The first-order valence-electron chi connectivity index (χ1n) is 8.83. The van der Waals surface area contributed by atoms with Gasteiger partial charge in [-0.05, 0) is 37.8 Å². The monoisotopic (exact) mass is 316 g/mol. The molecule has 0 aliphatic carbocycles. The maximum Gasteiger partial charge on any atom is 0.219 e. The molecule has 1 N–H and O–H groups in total. The summed E-state index contributed by atoms with van der Waals surface area (Å²) >= 11 is 0. The maximum atomic E-state index is 11.6. The van der Waals surface area contributed by atoms with Crippen LogP contribution in [-0.2, 0) is 9.53 Å². The number of hydrogen-bond acceptors (Lipinski definition) is 3. The van der Waals surface area contributed by atoms with E-state index in [0.717, 1.165) is 45.3 Å². The van der Waals surface area contributed by atoms with E-state index in [1.54, 1.807) is 6.92 Å². The Hall–Kier alpha value is -1.39. The minimum Gasteiger partial charge on any atom is -0.367 e. The third-order valence-corrected chi connectivity index (χ3v) is 5.29.